The maximum absolute atomic E-state index is 14.8. The van der Waals surface area contributed by atoms with Crippen LogP contribution in [-0.2, 0) is 20.4 Å². The first-order chi connectivity index (χ1) is 11.8. The minimum atomic E-state index is -0.517. The van der Waals surface area contributed by atoms with Gasteiger partial charge in [-0.15, -0.1) is 0 Å². The molecule has 6 heteroatoms. The zero-order chi connectivity index (χ0) is 19.0. The Morgan fingerprint density at radius 1 is 1.20 bits per heavy atom. The molecule has 0 saturated heterocycles. The van der Waals surface area contributed by atoms with Crippen molar-refractivity contribution < 1.29 is 29.2 Å². The molecule has 0 aliphatic carbocycles. The van der Waals surface area contributed by atoms with E-state index in [4.69, 9.17) is 23.2 Å². The number of alkyl halides is 2. The molecule has 2 unspecified atom stereocenters. The second-order valence-electron chi connectivity index (χ2n) is 6.68. The van der Waals surface area contributed by atoms with E-state index in [9.17, 15) is 8.78 Å². The molecular formula is C19H28Cl2F2NTi. The van der Waals surface area contributed by atoms with Crippen LogP contribution in [0.3, 0.4) is 0 Å². The van der Waals surface area contributed by atoms with Crippen molar-refractivity contribution in [2.24, 2.45) is 0 Å². The molecule has 141 valence electrons. The van der Waals surface area contributed by atoms with E-state index in [0.717, 1.165) is 38.5 Å². The molecule has 0 bridgehead atoms. The number of rotatable bonds is 11. The van der Waals surface area contributed by atoms with Crippen molar-refractivity contribution in [2.45, 2.75) is 70.2 Å². The number of nitrogens with zero attached hydrogens (tertiary/aromatic N) is 1. The molecule has 1 nitrogen and oxygen atoms in total. The van der Waals surface area contributed by atoms with Crippen molar-refractivity contribution >= 4 is 32.8 Å². The summed E-state index contributed by atoms with van der Waals surface area (Å²) in [6.07, 6.45) is 5.28. The molecule has 0 heterocycles. The predicted molar refractivity (Wildman–Crippen MR) is 101 cm³/mol. The van der Waals surface area contributed by atoms with Gasteiger partial charge in [0.2, 0.25) is 0 Å². The van der Waals surface area contributed by atoms with Gasteiger partial charge in [-0.1, -0.05) is 0 Å². The number of unbranched alkanes of at least 4 members (excludes halogenated alkanes) is 1. The summed E-state index contributed by atoms with van der Waals surface area (Å²) in [4.78, 5) is 1.55. The Morgan fingerprint density at radius 2 is 1.88 bits per heavy atom. The van der Waals surface area contributed by atoms with Gasteiger partial charge in [-0.05, 0) is 0 Å². The van der Waals surface area contributed by atoms with Gasteiger partial charge < -0.3 is 0 Å². The van der Waals surface area contributed by atoms with Crippen LogP contribution in [0.25, 0.3) is 0 Å². The third-order valence-corrected chi connectivity index (χ3v) is 5.98. The van der Waals surface area contributed by atoms with E-state index >= 15 is 0 Å². The average Bonchev–Trinajstić information content (AvgIpc) is 2.56. The van der Waals surface area contributed by atoms with E-state index < -0.39 is 16.5 Å². The van der Waals surface area contributed by atoms with Crippen molar-refractivity contribution in [1.82, 2.24) is 0 Å². The average molecular weight is 427 g/mol. The Labute approximate surface area is 172 Å². The molecule has 0 amide bonds. The Balaban J connectivity index is 3.34. The fourth-order valence-corrected chi connectivity index (χ4v) is 4.14. The molecule has 0 radical (unpaired) electrons. The third kappa shape index (κ3) is 6.38. The van der Waals surface area contributed by atoms with Crippen molar-refractivity contribution in [3.05, 3.63) is 23.8 Å². The molecule has 0 aromatic heterocycles. The summed E-state index contributed by atoms with van der Waals surface area (Å²) < 4.78 is 28.6. The number of hydrogen-bond donors (Lipinski definition) is 0. The first-order valence-electron chi connectivity index (χ1n) is 9.01. The number of hydrogen-bond acceptors (Lipinski definition) is 1. The topological polar surface area (TPSA) is 3.24 Å². The predicted octanol–water partition coefficient (Wildman–Crippen LogP) is 5.93. The van der Waals surface area contributed by atoms with E-state index in [2.05, 4.69) is 13.8 Å². The van der Waals surface area contributed by atoms with Gasteiger partial charge in [0.25, 0.3) is 0 Å². The van der Waals surface area contributed by atoms with Gasteiger partial charge >= 0.3 is 173 Å². The Morgan fingerprint density at radius 3 is 2.44 bits per heavy atom. The van der Waals surface area contributed by atoms with Crippen LogP contribution < -0.4 is 8.77 Å². The quantitative estimate of drug-likeness (QED) is 0.313. The van der Waals surface area contributed by atoms with E-state index in [1.807, 2.05) is 11.8 Å². The molecule has 0 fully saturated rings. The van der Waals surface area contributed by atoms with Crippen LogP contribution in [0, 0.1) is 11.6 Å². The third-order valence-electron chi connectivity index (χ3n) is 4.55. The Hall–Kier alpha value is 0.174. The molecule has 1 aromatic rings. The van der Waals surface area contributed by atoms with E-state index in [1.54, 1.807) is 6.07 Å². The summed E-state index contributed by atoms with van der Waals surface area (Å²) in [5.74, 6) is -0.463. The van der Waals surface area contributed by atoms with Gasteiger partial charge in [-0.3, -0.25) is 0 Å². The molecule has 2 atom stereocenters. The number of halogens is 4. The second-order valence-corrected chi connectivity index (χ2v) is 8.70. The summed E-state index contributed by atoms with van der Waals surface area (Å²) in [7, 11) is 0. The maximum atomic E-state index is 14.8. The second kappa shape index (κ2) is 11.1. The zero-order valence-corrected chi connectivity index (χ0v) is 18.4. The summed E-state index contributed by atoms with van der Waals surface area (Å²) in [5.41, 5.74) is 0.440. The van der Waals surface area contributed by atoms with Gasteiger partial charge in [0.15, 0.2) is 0 Å². The molecular weight excluding hydrogens is 399 g/mol. The normalized spacial score (nSPS) is 15.0. The molecule has 0 saturated carbocycles. The fourth-order valence-electron chi connectivity index (χ4n) is 3.24. The van der Waals surface area contributed by atoms with Crippen molar-refractivity contribution in [2.75, 3.05) is 17.3 Å². The van der Waals surface area contributed by atoms with Crippen molar-refractivity contribution in [3.8, 4) is 0 Å². The standard InChI is InChI=1S/C19H28Cl2F2N.Ti/c1-4-6-13-24(17-10-9-15(22)14-16(17)23)18(8-7-12-20)19(3,21)11-5-2;/h9-10,18H,4-8,11-13H2,1-3H3;. The molecule has 0 spiro atoms. The van der Waals surface area contributed by atoms with Gasteiger partial charge in [-0.2, -0.15) is 0 Å². The van der Waals surface area contributed by atoms with Crippen molar-refractivity contribution in [1.29, 1.82) is 0 Å². The Kier molecular flexibility index (Phi) is 10.3. The van der Waals surface area contributed by atoms with Gasteiger partial charge in [0.1, 0.15) is 0 Å². The molecule has 0 N–H and O–H groups in total. The van der Waals surface area contributed by atoms with Gasteiger partial charge in [-0.25, -0.2) is 0 Å². The minimum absolute atomic E-state index is 0.0567. The number of benzene rings is 1. The monoisotopic (exact) mass is 426 g/mol. The molecule has 1 rings (SSSR count). The van der Waals surface area contributed by atoms with Gasteiger partial charge in [0.05, 0.1) is 0 Å². The van der Waals surface area contributed by atoms with Crippen LogP contribution in [0.1, 0.15) is 59.3 Å². The van der Waals surface area contributed by atoms with E-state index in [1.165, 1.54) is 26.5 Å². The molecule has 1 aromatic carbocycles. The van der Waals surface area contributed by atoms with Crippen LogP contribution in [-0.4, -0.2) is 23.3 Å². The first-order valence-corrected chi connectivity index (χ1v) is 10.7. The van der Waals surface area contributed by atoms with Crippen LogP contribution in [0.15, 0.2) is 12.1 Å². The summed E-state index contributed by atoms with van der Waals surface area (Å²) >= 11 is 14.3. The zero-order valence-electron chi connectivity index (χ0n) is 15.3. The SMILES string of the molecule is CCCCN(c1ccc(F)[c]([Ti])c1F)C(CCCCl)C(C)(Cl)CCC. The van der Waals surface area contributed by atoms with Crippen LogP contribution in [0.2, 0.25) is 0 Å². The summed E-state index contributed by atoms with van der Waals surface area (Å²) in [5, 5.41) is 0. The first kappa shape index (κ1) is 23.2. The Bertz CT molecular complexity index is 540. The number of anilines is 1. The molecule has 0 aliphatic heterocycles. The van der Waals surface area contributed by atoms with Crippen LogP contribution >= 0.6 is 23.2 Å². The fraction of sp³-hybridized carbons (Fsp3) is 0.684. The summed E-state index contributed by atoms with van der Waals surface area (Å²) in [6.45, 7) is 6.91. The van der Waals surface area contributed by atoms with E-state index in [-0.39, 0.29) is 9.91 Å². The van der Waals surface area contributed by atoms with Crippen molar-refractivity contribution in [3.63, 3.8) is 0 Å². The molecule has 25 heavy (non-hydrogen) atoms. The summed E-state index contributed by atoms with van der Waals surface area (Å²) in [6, 6.07) is 2.83. The van der Waals surface area contributed by atoms with Crippen LogP contribution in [0.4, 0.5) is 14.5 Å². The van der Waals surface area contributed by atoms with Crippen LogP contribution in [0.5, 0.6) is 0 Å². The van der Waals surface area contributed by atoms with Gasteiger partial charge in [0, 0.05) is 0 Å². The molecule has 0 aliphatic rings. The van der Waals surface area contributed by atoms with E-state index in [0.29, 0.717) is 18.1 Å².